The fourth-order valence-electron chi connectivity index (χ4n) is 5.23. The highest BCUT2D eigenvalue weighted by Crippen LogP contribution is 2.37. The van der Waals surface area contributed by atoms with Crippen molar-refractivity contribution in [1.82, 2.24) is 20.5 Å². The van der Waals surface area contributed by atoms with E-state index in [1.54, 1.807) is 6.07 Å². The molecule has 1 aliphatic carbocycles. The van der Waals surface area contributed by atoms with Crippen LogP contribution in [0.2, 0.25) is 0 Å². The van der Waals surface area contributed by atoms with Gasteiger partial charge in [0.15, 0.2) is 0 Å². The van der Waals surface area contributed by atoms with Gasteiger partial charge in [-0.15, -0.1) is 0 Å². The number of aromatic nitrogens is 1. The number of rotatable bonds is 6. The first-order valence-corrected chi connectivity index (χ1v) is 12.8. The van der Waals surface area contributed by atoms with E-state index in [2.05, 4.69) is 38.7 Å². The van der Waals surface area contributed by atoms with E-state index in [0.717, 1.165) is 54.6 Å². The normalized spacial score (nSPS) is 21.2. The molecule has 5 rings (SSSR count). The average Bonchev–Trinajstić information content (AvgIpc) is 3.19. The molecule has 7 nitrogen and oxygen atoms in total. The zero-order valence-corrected chi connectivity index (χ0v) is 20.1. The first-order valence-electron chi connectivity index (χ1n) is 12.0. The van der Waals surface area contributed by atoms with Crippen molar-refractivity contribution in [2.45, 2.75) is 50.6 Å². The van der Waals surface area contributed by atoms with Crippen molar-refractivity contribution in [3.05, 3.63) is 68.8 Å². The third kappa shape index (κ3) is 5.08. The van der Waals surface area contributed by atoms with Crippen molar-refractivity contribution >= 4 is 33.4 Å². The monoisotopic (exact) mass is 478 g/mol. The highest BCUT2D eigenvalue weighted by Gasteiger charge is 2.35. The standard InChI is InChI=1S/C26H30N4O3S/c1-16-3-2-4-19(11-16)25(32)27-13-24(31)28-20-14-30(15-20)21-8-5-17(6-9-21)18-7-10-23-22(12-18)29-26(33)34-23/h2-4,7,10-12,17,20-21H,5-6,8-9,13-15H2,1H3,(H,27,32)(H,28,31)(H,29,33). The number of carbonyl (C=O) groups is 2. The largest absolute Gasteiger partial charge is 0.349 e. The van der Waals surface area contributed by atoms with Crippen LogP contribution in [0.25, 0.3) is 10.2 Å². The van der Waals surface area contributed by atoms with Gasteiger partial charge in [0.1, 0.15) is 0 Å². The first-order chi connectivity index (χ1) is 16.4. The van der Waals surface area contributed by atoms with Crippen LogP contribution in [0.1, 0.15) is 53.1 Å². The number of aryl methyl sites for hydroxylation is 1. The summed E-state index contributed by atoms with van der Waals surface area (Å²) in [7, 11) is 0. The molecular weight excluding hydrogens is 448 g/mol. The number of benzene rings is 2. The summed E-state index contributed by atoms with van der Waals surface area (Å²) < 4.78 is 1.02. The highest BCUT2D eigenvalue weighted by atomic mass is 32.1. The number of amides is 2. The maximum absolute atomic E-state index is 12.3. The molecule has 3 N–H and O–H groups in total. The van der Waals surface area contributed by atoms with Crippen molar-refractivity contribution in [3.8, 4) is 0 Å². The number of fused-ring (bicyclic) bond motifs is 1. The van der Waals surface area contributed by atoms with Gasteiger partial charge in [0.2, 0.25) is 5.91 Å². The maximum atomic E-state index is 12.3. The Hall–Kier alpha value is -2.97. The Morgan fingerprint density at radius 1 is 1.09 bits per heavy atom. The molecule has 0 spiro atoms. The van der Waals surface area contributed by atoms with Gasteiger partial charge in [0, 0.05) is 24.7 Å². The molecule has 1 saturated carbocycles. The Morgan fingerprint density at radius 3 is 2.65 bits per heavy atom. The lowest BCUT2D eigenvalue weighted by Gasteiger charge is -2.46. The Balaban J connectivity index is 1.03. The van der Waals surface area contributed by atoms with Gasteiger partial charge in [-0.1, -0.05) is 35.1 Å². The minimum absolute atomic E-state index is 0.00365. The zero-order chi connectivity index (χ0) is 23.7. The molecule has 2 aliphatic rings. The number of H-pyrrole nitrogens is 1. The molecule has 2 amide bonds. The summed E-state index contributed by atoms with van der Waals surface area (Å²) in [5, 5.41) is 5.74. The molecule has 0 radical (unpaired) electrons. The van der Waals surface area contributed by atoms with E-state index in [1.807, 2.05) is 25.1 Å². The Morgan fingerprint density at radius 2 is 1.88 bits per heavy atom. The summed E-state index contributed by atoms with van der Waals surface area (Å²) >= 11 is 1.26. The molecule has 0 atom stereocenters. The molecule has 1 aliphatic heterocycles. The van der Waals surface area contributed by atoms with Crippen LogP contribution >= 0.6 is 11.3 Å². The number of hydrogen-bond acceptors (Lipinski definition) is 5. The van der Waals surface area contributed by atoms with Gasteiger partial charge >= 0.3 is 4.87 Å². The third-order valence-corrected chi connectivity index (χ3v) is 7.96. The third-order valence-electron chi connectivity index (χ3n) is 7.09. The van der Waals surface area contributed by atoms with Crippen molar-refractivity contribution in [1.29, 1.82) is 0 Å². The predicted octanol–water partition coefficient (Wildman–Crippen LogP) is 3.15. The Kier molecular flexibility index (Phi) is 6.52. The van der Waals surface area contributed by atoms with Gasteiger partial charge in [0.25, 0.3) is 5.91 Å². The topological polar surface area (TPSA) is 94.3 Å². The molecule has 2 fully saturated rings. The van der Waals surface area contributed by atoms with E-state index in [4.69, 9.17) is 0 Å². The van der Waals surface area contributed by atoms with Crippen LogP contribution in [0.3, 0.4) is 0 Å². The molecular formula is C26H30N4O3S. The average molecular weight is 479 g/mol. The van der Waals surface area contributed by atoms with Crippen LogP contribution in [0.4, 0.5) is 0 Å². The second-order valence-corrected chi connectivity index (χ2v) is 10.6. The second kappa shape index (κ2) is 9.72. The highest BCUT2D eigenvalue weighted by molar-refractivity contribution is 7.16. The van der Waals surface area contributed by atoms with Crippen molar-refractivity contribution in [2.75, 3.05) is 19.6 Å². The van der Waals surface area contributed by atoms with Gasteiger partial charge in [0.05, 0.1) is 22.8 Å². The van der Waals surface area contributed by atoms with Crippen LogP contribution in [-0.2, 0) is 4.79 Å². The SMILES string of the molecule is Cc1cccc(C(=O)NCC(=O)NC2CN(C3CCC(c4ccc5sc(=O)[nH]c5c4)CC3)C2)c1. The number of nitrogens with one attached hydrogen (secondary N) is 3. The van der Waals surface area contributed by atoms with E-state index < -0.39 is 0 Å². The minimum Gasteiger partial charge on any atom is -0.349 e. The number of carbonyl (C=O) groups excluding carboxylic acids is 2. The summed E-state index contributed by atoms with van der Waals surface area (Å²) in [6, 6.07) is 14.4. The van der Waals surface area contributed by atoms with Crippen LogP contribution in [0.5, 0.6) is 0 Å². The number of thiazole rings is 1. The minimum atomic E-state index is -0.227. The van der Waals surface area contributed by atoms with E-state index in [9.17, 15) is 14.4 Å². The molecule has 2 heterocycles. The first kappa shape index (κ1) is 22.8. The van der Waals surface area contributed by atoms with E-state index in [-0.39, 0.29) is 29.3 Å². The van der Waals surface area contributed by atoms with E-state index in [0.29, 0.717) is 17.5 Å². The zero-order valence-electron chi connectivity index (χ0n) is 19.3. The molecule has 2 aromatic carbocycles. The van der Waals surface area contributed by atoms with Gasteiger partial charge in [-0.2, -0.15) is 0 Å². The smallest absolute Gasteiger partial charge is 0.305 e. The molecule has 0 bridgehead atoms. The number of nitrogens with zero attached hydrogens (tertiary/aromatic N) is 1. The van der Waals surface area contributed by atoms with E-state index in [1.165, 1.54) is 16.9 Å². The predicted molar refractivity (Wildman–Crippen MR) is 134 cm³/mol. The lowest BCUT2D eigenvalue weighted by atomic mass is 9.80. The second-order valence-electron chi connectivity index (χ2n) is 9.55. The Bertz CT molecular complexity index is 1250. The van der Waals surface area contributed by atoms with Crippen molar-refractivity contribution in [2.24, 2.45) is 0 Å². The number of hydrogen-bond donors (Lipinski definition) is 3. The molecule has 1 saturated heterocycles. The molecule has 34 heavy (non-hydrogen) atoms. The molecule has 178 valence electrons. The van der Waals surface area contributed by atoms with Gasteiger partial charge in [-0.3, -0.25) is 19.3 Å². The van der Waals surface area contributed by atoms with Gasteiger partial charge in [-0.05, 0) is 68.4 Å². The summed E-state index contributed by atoms with van der Waals surface area (Å²) in [5.74, 6) is 0.171. The number of aromatic amines is 1. The van der Waals surface area contributed by atoms with Crippen LogP contribution in [0.15, 0.2) is 47.3 Å². The number of likely N-dealkylation sites (tertiary alicyclic amines) is 1. The summed E-state index contributed by atoms with van der Waals surface area (Å²) in [4.78, 5) is 41.4. The molecule has 0 unspecified atom stereocenters. The quantitative estimate of drug-likeness (QED) is 0.507. The fraction of sp³-hybridized carbons (Fsp3) is 0.423. The van der Waals surface area contributed by atoms with Crippen molar-refractivity contribution in [3.63, 3.8) is 0 Å². The lowest BCUT2D eigenvalue weighted by Crippen LogP contribution is -2.63. The van der Waals surface area contributed by atoms with Gasteiger partial charge < -0.3 is 15.6 Å². The lowest BCUT2D eigenvalue weighted by molar-refractivity contribution is -0.122. The van der Waals surface area contributed by atoms with Crippen molar-refractivity contribution < 1.29 is 9.59 Å². The van der Waals surface area contributed by atoms with Crippen LogP contribution in [0, 0.1) is 6.92 Å². The van der Waals surface area contributed by atoms with Gasteiger partial charge in [-0.25, -0.2) is 0 Å². The van der Waals surface area contributed by atoms with Crippen LogP contribution in [-0.4, -0.2) is 53.4 Å². The summed E-state index contributed by atoms with van der Waals surface area (Å²) in [5.41, 5.74) is 3.86. The summed E-state index contributed by atoms with van der Waals surface area (Å²) in [6.45, 7) is 3.67. The fourth-order valence-corrected chi connectivity index (χ4v) is 5.94. The summed E-state index contributed by atoms with van der Waals surface area (Å²) in [6.07, 6.45) is 4.58. The van der Waals surface area contributed by atoms with E-state index >= 15 is 0 Å². The maximum Gasteiger partial charge on any atom is 0.305 e. The molecule has 1 aromatic heterocycles. The van der Waals surface area contributed by atoms with Crippen LogP contribution < -0.4 is 15.5 Å². The molecule has 3 aromatic rings. The Labute approximate surface area is 202 Å². The molecule has 8 heteroatoms.